The molecule has 90 valence electrons. The van der Waals surface area contributed by atoms with Crippen LogP contribution in [0, 0.1) is 0 Å². The summed E-state index contributed by atoms with van der Waals surface area (Å²) in [5, 5.41) is -0.476. The van der Waals surface area contributed by atoms with Crippen molar-refractivity contribution in [3.63, 3.8) is 0 Å². The van der Waals surface area contributed by atoms with Gasteiger partial charge in [0.25, 0.3) is 0 Å². The summed E-state index contributed by atoms with van der Waals surface area (Å²) in [6.07, 6.45) is 2.75. The van der Waals surface area contributed by atoms with Gasteiger partial charge in [0.2, 0.25) is 0 Å². The van der Waals surface area contributed by atoms with E-state index in [1.165, 1.54) is 11.8 Å². The molecule has 1 rings (SSSR count). The van der Waals surface area contributed by atoms with Crippen molar-refractivity contribution in [2.24, 2.45) is 5.73 Å². The van der Waals surface area contributed by atoms with Crippen LogP contribution in [0.3, 0.4) is 0 Å². The van der Waals surface area contributed by atoms with Crippen LogP contribution in [0.25, 0.3) is 0 Å². The van der Waals surface area contributed by atoms with E-state index >= 15 is 0 Å². The summed E-state index contributed by atoms with van der Waals surface area (Å²) in [5.41, 5.74) is 7.07. The zero-order valence-electron chi connectivity index (χ0n) is 9.76. The molecule has 0 aliphatic heterocycles. The monoisotopic (exact) mass is 241 g/mol. The molecule has 0 aromatic heterocycles. The Morgan fingerprint density at radius 2 is 1.81 bits per heavy atom. The van der Waals surface area contributed by atoms with Crippen LogP contribution >= 0.6 is 0 Å². The molecule has 2 atom stereocenters. The minimum absolute atomic E-state index is 0.296. The summed E-state index contributed by atoms with van der Waals surface area (Å²) >= 11 is 0. The molecule has 0 bridgehead atoms. The molecule has 0 saturated carbocycles. The molecule has 1 aromatic carbocycles. The van der Waals surface area contributed by atoms with Gasteiger partial charge in [0.15, 0.2) is 9.84 Å². The molecule has 2 unspecified atom stereocenters. The van der Waals surface area contributed by atoms with Crippen molar-refractivity contribution in [2.45, 2.75) is 31.1 Å². The number of sulfone groups is 1. The van der Waals surface area contributed by atoms with E-state index in [9.17, 15) is 8.42 Å². The number of benzene rings is 1. The van der Waals surface area contributed by atoms with E-state index in [4.69, 9.17) is 5.73 Å². The van der Waals surface area contributed by atoms with E-state index in [0.29, 0.717) is 6.42 Å². The van der Waals surface area contributed by atoms with E-state index in [-0.39, 0.29) is 6.04 Å². The van der Waals surface area contributed by atoms with Gasteiger partial charge in [0.05, 0.1) is 5.25 Å². The third-order valence-electron chi connectivity index (χ3n) is 2.89. The Morgan fingerprint density at radius 1 is 1.25 bits per heavy atom. The van der Waals surface area contributed by atoms with Crippen LogP contribution in [0.4, 0.5) is 0 Å². The number of hydrogen-bond acceptors (Lipinski definition) is 3. The predicted octanol–water partition coefficient (Wildman–Crippen LogP) is 1.38. The number of hydrogen-bond donors (Lipinski definition) is 1. The quantitative estimate of drug-likeness (QED) is 0.847. The van der Waals surface area contributed by atoms with Crippen LogP contribution in [0.1, 0.15) is 18.9 Å². The van der Waals surface area contributed by atoms with Crippen LogP contribution in [-0.2, 0) is 16.3 Å². The van der Waals surface area contributed by atoms with Crippen LogP contribution in [0.15, 0.2) is 30.3 Å². The van der Waals surface area contributed by atoms with Crippen LogP contribution in [0.2, 0.25) is 0 Å². The molecule has 0 radical (unpaired) electrons. The Balaban J connectivity index is 2.51. The van der Waals surface area contributed by atoms with Gasteiger partial charge < -0.3 is 5.73 Å². The van der Waals surface area contributed by atoms with Gasteiger partial charge >= 0.3 is 0 Å². The standard InChI is InChI=1S/C12H19NO2S/c1-10(16(2,14)15)12(13)9-8-11-6-4-3-5-7-11/h3-7,10,12H,8-9,13H2,1-2H3. The first-order valence-electron chi connectivity index (χ1n) is 5.39. The minimum atomic E-state index is -3.03. The molecular weight excluding hydrogens is 222 g/mol. The molecule has 0 amide bonds. The molecule has 4 heteroatoms. The maximum atomic E-state index is 11.3. The number of rotatable bonds is 5. The fraction of sp³-hybridized carbons (Fsp3) is 0.500. The fourth-order valence-corrected chi connectivity index (χ4v) is 2.30. The van der Waals surface area contributed by atoms with Crippen molar-refractivity contribution < 1.29 is 8.42 Å². The Hall–Kier alpha value is -0.870. The topological polar surface area (TPSA) is 60.2 Å². The SMILES string of the molecule is CC(C(N)CCc1ccccc1)S(C)(=O)=O. The Kier molecular flexibility index (Phi) is 4.50. The molecule has 3 nitrogen and oxygen atoms in total. The second-order valence-electron chi connectivity index (χ2n) is 4.22. The smallest absolute Gasteiger partial charge is 0.151 e. The first kappa shape index (κ1) is 13.2. The summed E-state index contributed by atoms with van der Waals surface area (Å²) in [5.74, 6) is 0. The zero-order chi connectivity index (χ0) is 12.2. The lowest BCUT2D eigenvalue weighted by Crippen LogP contribution is -2.38. The molecular formula is C12H19NO2S. The molecule has 0 aliphatic rings. The van der Waals surface area contributed by atoms with Crippen molar-refractivity contribution in [3.05, 3.63) is 35.9 Å². The Morgan fingerprint density at radius 3 is 2.31 bits per heavy atom. The molecule has 0 saturated heterocycles. The van der Waals surface area contributed by atoms with E-state index in [2.05, 4.69) is 0 Å². The third kappa shape index (κ3) is 3.94. The van der Waals surface area contributed by atoms with E-state index in [0.717, 1.165) is 6.42 Å². The molecule has 0 heterocycles. The summed E-state index contributed by atoms with van der Waals surface area (Å²) < 4.78 is 22.6. The number of nitrogens with two attached hydrogens (primary N) is 1. The van der Waals surface area contributed by atoms with Crippen LogP contribution < -0.4 is 5.73 Å². The highest BCUT2D eigenvalue weighted by Gasteiger charge is 2.22. The van der Waals surface area contributed by atoms with Gasteiger partial charge in [-0.3, -0.25) is 0 Å². The van der Waals surface area contributed by atoms with Crippen molar-refractivity contribution in [3.8, 4) is 0 Å². The van der Waals surface area contributed by atoms with Gasteiger partial charge in [-0.15, -0.1) is 0 Å². The van der Waals surface area contributed by atoms with E-state index in [1.54, 1.807) is 6.92 Å². The van der Waals surface area contributed by atoms with Gasteiger partial charge in [-0.25, -0.2) is 8.42 Å². The Bertz CT molecular complexity index is 414. The van der Waals surface area contributed by atoms with Crippen molar-refractivity contribution in [2.75, 3.05) is 6.26 Å². The third-order valence-corrected chi connectivity index (χ3v) is 4.59. The van der Waals surface area contributed by atoms with Crippen LogP contribution in [-0.4, -0.2) is 26.0 Å². The first-order chi connectivity index (χ1) is 7.41. The lowest BCUT2D eigenvalue weighted by molar-refractivity contribution is 0.546. The summed E-state index contributed by atoms with van der Waals surface area (Å²) in [4.78, 5) is 0. The minimum Gasteiger partial charge on any atom is -0.327 e. The fourth-order valence-electron chi connectivity index (χ4n) is 1.53. The van der Waals surface area contributed by atoms with Gasteiger partial charge in [-0.1, -0.05) is 30.3 Å². The van der Waals surface area contributed by atoms with Gasteiger partial charge in [-0.05, 0) is 25.3 Å². The molecule has 0 fully saturated rings. The van der Waals surface area contributed by atoms with Crippen molar-refractivity contribution in [1.82, 2.24) is 0 Å². The highest BCUT2D eigenvalue weighted by atomic mass is 32.2. The first-order valence-corrected chi connectivity index (χ1v) is 7.35. The van der Waals surface area contributed by atoms with Gasteiger partial charge in [-0.2, -0.15) is 0 Å². The Labute approximate surface area is 97.6 Å². The van der Waals surface area contributed by atoms with E-state index < -0.39 is 15.1 Å². The van der Waals surface area contributed by atoms with Crippen molar-refractivity contribution >= 4 is 9.84 Å². The molecule has 0 aliphatic carbocycles. The number of aryl methyl sites for hydroxylation is 1. The average Bonchev–Trinajstić information content (AvgIpc) is 2.25. The highest BCUT2D eigenvalue weighted by molar-refractivity contribution is 7.91. The zero-order valence-corrected chi connectivity index (χ0v) is 10.6. The summed E-state index contributed by atoms with van der Waals surface area (Å²) in [7, 11) is -3.03. The highest BCUT2D eigenvalue weighted by Crippen LogP contribution is 2.10. The van der Waals surface area contributed by atoms with Crippen LogP contribution in [0.5, 0.6) is 0 Å². The molecule has 2 N–H and O–H groups in total. The molecule has 0 spiro atoms. The second kappa shape index (κ2) is 5.46. The molecule has 1 aromatic rings. The lowest BCUT2D eigenvalue weighted by Gasteiger charge is -2.17. The average molecular weight is 241 g/mol. The predicted molar refractivity (Wildman–Crippen MR) is 67.0 cm³/mol. The summed E-state index contributed by atoms with van der Waals surface area (Å²) in [6, 6.07) is 9.66. The summed E-state index contributed by atoms with van der Waals surface area (Å²) in [6.45, 7) is 1.67. The maximum absolute atomic E-state index is 11.3. The second-order valence-corrected chi connectivity index (χ2v) is 6.63. The largest absolute Gasteiger partial charge is 0.327 e. The molecule has 16 heavy (non-hydrogen) atoms. The van der Waals surface area contributed by atoms with Gasteiger partial charge in [0, 0.05) is 12.3 Å². The maximum Gasteiger partial charge on any atom is 0.151 e. The van der Waals surface area contributed by atoms with Crippen molar-refractivity contribution in [1.29, 1.82) is 0 Å². The lowest BCUT2D eigenvalue weighted by atomic mass is 10.0. The van der Waals surface area contributed by atoms with Gasteiger partial charge in [0.1, 0.15) is 0 Å². The van der Waals surface area contributed by atoms with E-state index in [1.807, 2.05) is 30.3 Å². The normalized spacial score (nSPS) is 15.7.